The van der Waals surface area contributed by atoms with Crippen LogP contribution >= 0.6 is 27.3 Å². The van der Waals surface area contributed by atoms with Crippen molar-refractivity contribution in [3.05, 3.63) is 27.1 Å². The normalized spacial score (nSPS) is 10.8. The molecule has 3 aromatic rings. The Kier molecular flexibility index (Phi) is 3.34. The van der Waals surface area contributed by atoms with Crippen LogP contribution in [0, 0.1) is 0 Å². The predicted molar refractivity (Wildman–Crippen MR) is 80.6 cm³/mol. The topological polar surface area (TPSA) is 78.5 Å². The largest absolute Gasteiger partial charge is 0.363 e. The van der Waals surface area contributed by atoms with Crippen LogP contribution in [-0.4, -0.2) is 27.0 Å². The summed E-state index contributed by atoms with van der Waals surface area (Å²) in [6, 6.07) is 4.11. The summed E-state index contributed by atoms with van der Waals surface area (Å²) in [7, 11) is 1.79. The average molecular weight is 339 g/mol. The minimum absolute atomic E-state index is 0.550. The number of H-pyrrole nitrogens is 1. The SMILES string of the molecule is CNc1nc(NCc2ccc(Br)s2)c2[nH]cnc2n1. The Balaban J connectivity index is 1.88. The van der Waals surface area contributed by atoms with E-state index in [2.05, 4.69) is 52.6 Å². The third-order valence-corrected chi connectivity index (χ3v) is 4.19. The fraction of sp³-hybridized carbons (Fsp3) is 0.182. The Morgan fingerprint density at radius 2 is 2.26 bits per heavy atom. The molecular weight excluding hydrogens is 328 g/mol. The maximum atomic E-state index is 4.40. The number of nitrogens with zero attached hydrogens (tertiary/aromatic N) is 3. The summed E-state index contributed by atoms with van der Waals surface area (Å²) in [6.45, 7) is 0.713. The summed E-state index contributed by atoms with van der Waals surface area (Å²) < 4.78 is 1.12. The molecule has 0 amide bonds. The summed E-state index contributed by atoms with van der Waals surface area (Å²) in [5, 5.41) is 6.24. The first-order chi connectivity index (χ1) is 9.26. The average Bonchev–Trinajstić information content (AvgIpc) is 3.04. The lowest BCUT2D eigenvalue weighted by molar-refractivity contribution is 1.11. The lowest BCUT2D eigenvalue weighted by Gasteiger charge is -2.06. The highest BCUT2D eigenvalue weighted by Gasteiger charge is 2.09. The quantitative estimate of drug-likeness (QED) is 0.681. The molecule has 0 unspecified atom stereocenters. The summed E-state index contributed by atoms with van der Waals surface area (Å²) in [5.74, 6) is 1.30. The Morgan fingerprint density at radius 3 is 3.00 bits per heavy atom. The van der Waals surface area contributed by atoms with Crippen LogP contribution in [0.4, 0.5) is 11.8 Å². The van der Waals surface area contributed by atoms with Gasteiger partial charge < -0.3 is 15.6 Å². The molecule has 0 saturated heterocycles. The molecule has 0 aromatic carbocycles. The molecule has 0 aliphatic rings. The van der Waals surface area contributed by atoms with Crippen molar-refractivity contribution in [2.24, 2.45) is 0 Å². The van der Waals surface area contributed by atoms with Crippen molar-refractivity contribution in [1.82, 2.24) is 19.9 Å². The fourth-order valence-corrected chi connectivity index (χ4v) is 3.11. The molecule has 3 rings (SSSR count). The summed E-state index contributed by atoms with van der Waals surface area (Å²) in [4.78, 5) is 17.1. The molecule has 98 valence electrons. The number of aromatic amines is 1. The van der Waals surface area contributed by atoms with Gasteiger partial charge in [-0.25, -0.2) is 4.98 Å². The zero-order chi connectivity index (χ0) is 13.2. The first kappa shape index (κ1) is 12.4. The maximum absolute atomic E-state index is 4.40. The van der Waals surface area contributed by atoms with Crippen molar-refractivity contribution in [3.63, 3.8) is 0 Å². The highest BCUT2D eigenvalue weighted by atomic mass is 79.9. The van der Waals surface area contributed by atoms with Gasteiger partial charge in [0.2, 0.25) is 5.95 Å². The van der Waals surface area contributed by atoms with E-state index >= 15 is 0 Å². The summed E-state index contributed by atoms with van der Waals surface area (Å²) in [6.07, 6.45) is 1.62. The van der Waals surface area contributed by atoms with E-state index in [0.29, 0.717) is 18.1 Å². The molecule has 19 heavy (non-hydrogen) atoms. The Hall–Kier alpha value is -1.67. The second-order valence-corrected chi connectivity index (χ2v) is 6.35. The first-order valence-corrected chi connectivity index (χ1v) is 7.24. The molecule has 0 saturated carbocycles. The minimum Gasteiger partial charge on any atom is -0.363 e. The van der Waals surface area contributed by atoms with E-state index in [4.69, 9.17) is 0 Å². The standard InChI is InChI=1S/C11H11BrN6S/c1-13-11-17-9(8-10(18-11)16-5-15-8)14-4-6-2-3-7(12)19-6/h2-3,5H,4H2,1H3,(H3,13,14,15,16,17,18). The van der Waals surface area contributed by atoms with Gasteiger partial charge >= 0.3 is 0 Å². The molecule has 3 aromatic heterocycles. The number of imidazole rings is 1. The lowest BCUT2D eigenvalue weighted by atomic mass is 10.4. The number of hydrogen-bond acceptors (Lipinski definition) is 6. The molecule has 6 nitrogen and oxygen atoms in total. The van der Waals surface area contributed by atoms with Crippen molar-refractivity contribution in [1.29, 1.82) is 0 Å². The van der Waals surface area contributed by atoms with Gasteiger partial charge in [-0.2, -0.15) is 9.97 Å². The molecule has 0 fully saturated rings. The van der Waals surface area contributed by atoms with Crippen molar-refractivity contribution >= 4 is 50.2 Å². The highest BCUT2D eigenvalue weighted by molar-refractivity contribution is 9.11. The van der Waals surface area contributed by atoms with Gasteiger partial charge in [0.05, 0.1) is 16.7 Å². The van der Waals surface area contributed by atoms with Crippen LogP contribution < -0.4 is 10.6 Å². The van der Waals surface area contributed by atoms with Crippen LogP contribution in [0.15, 0.2) is 22.2 Å². The Morgan fingerprint density at radius 1 is 1.37 bits per heavy atom. The monoisotopic (exact) mass is 338 g/mol. The number of halogens is 1. The van der Waals surface area contributed by atoms with E-state index in [0.717, 1.165) is 15.1 Å². The highest BCUT2D eigenvalue weighted by Crippen LogP contribution is 2.24. The first-order valence-electron chi connectivity index (χ1n) is 5.63. The number of fused-ring (bicyclic) bond motifs is 1. The smallest absolute Gasteiger partial charge is 0.226 e. The van der Waals surface area contributed by atoms with E-state index in [-0.39, 0.29) is 0 Å². The molecular formula is C11H11BrN6S. The van der Waals surface area contributed by atoms with Crippen LogP contribution in [0.3, 0.4) is 0 Å². The Bertz CT molecular complexity index is 706. The van der Waals surface area contributed by atoms with Gasteiger partial charge in [0.15, 0.2) is 11.5 Å². The zero-order valence-corrected chi connectivity index (χ0v) is 12.5. The van der Waals surface area contributed by atoms with E-state index in [9.17, 15) is 0 Å². The molecule has 8 heteroatoms. The van der Waals surface area contributed by atoms with Crippen LogP contribution in [0.2, 0.25) is 0 Å². The predicted octanol–water partition coefficient (Wildman–Crippen LogP) is 2.83. The van der Waals surface area contributed by atoms with Crippen LogP contribution in [-0.2, 0) is 6.54 Å². The van der Waals surface area contributed by atoms with Gasteiger partial charge in [0.25, 0.3) is 0 Å². The van der Waals surface area contributed by atoms with Gasteiger partial charge in [-0.15, -0.1) is 11.3 Å². The second-order valence-electron chi connectivity index (χ2n) is 3.81. The molecule has 0 aliphatic carbocycles. The van der Waals surface area contributed by atoms with Crippen molar-refractivity contribution in [2.75, 3.05) is 17.7 Å². The maximum Gasteiger partial charge on any atom is 0.226 e. The van der Waals surface area contributed by atoms with E-state index in [1.165, 1.54) is 4.88 Å². The van der Waals surface area contributed by atoms with Crippen LogP contribution in [0.25, 0.3) is 11.2 Å². The number of rotatable bonds is 4. The minimum atomic E-state index is 0.550. The van der Waals surface area contributed by atoms with E-state index in [1.807, 2.05) is 6.07 Å². The van der Waals surface area contributed by atoms with Gasteiger partial charge in [-0.1, -0.05) is 0 Å². The summed E-state index contributed by atoms with van der Waals surface area (Å²) >= 11 is 5.15. The molecule has 0 aliphatic heterocycles. The van der Waals surface area contributed by atoms with Crippen LogP contribution in [0.1, 0.15) is 4.88 Å². The van der Waals surface area contributed by atoms with Gasteiger partial charge in [0.1, 0.15) is 5.52 Å². The van der Waals surface area contributed by atoms with Crippen LogP contribution in [0.5, 0.6) is 0 Å². The molecule has 0 spiro atoms. The molecule has 0 atom stereocenters. The second kappa shape index (κ2) is 5.14. The fourth-order valence-electron chi connectivity index (χ4n) is 1.69. The molecule has 0 bridgehead atoms. The van der Waals surface area contributed by atoms with Crippen molar-refractivity contribution in [3.8, 4) is 0 Å². The number of hydrogen-bond donors (Lipinski definition) is 3. The third kappa shape index (κ3) is 2.54. The molecule has 3 N–H and O–H groups in total. The van der Waals surface area contributed by atoms with Gasteiger partial charge in [0, 0.05) is 11.9 Å². The number of anilines is 2. The number of aromatic nitrogens is 4. The lowest BCUT2D eigenvalue weighted by Crippen LogP contribution is -2.04. The Labute approximate surface area is 121 Å². The van der Waals surface area contributed by atoms with Gasteiger partial charge in [-0.3, -0.25) is 0 Å². The van der Waals surface area contributed by atoms with E-state index in [1.54, 1.807) is 24.7 Å². The number of nitrogens with one attached hydrogen (secondary N) is 3. The van der Waals surface area contributed by atoms with Gasteiger partial charge in [-0.05, 0) is 28.1 Å². The molecule has 3 heterocycles. The van der Waals surface area contributed by atoms with Crippen molar-refractivity contribution in [2.45, 2.75) is 6.54 Å². The summed E-state index contributed by atoms with van der Waals surface area (Å²) in [5.41, 5.74) is 1.46. The zero-order valence-electron chi connectivity index (χ0n) is 10.1. The molecule has 0 radical (unpaired) electrons. The van der Waals surface area contributed by atoms with Crippen molar-refractivity contribution < 1.29 is 0 Å². The number of thiophene rings is 1. The van der Waals surface area contributed by atoms with E-state index < -0.39 is 0 Å². The third-order valence-electron chi connectivity index (χ3n) is 2.57.